The molecule has 0 saturated heterocycles. The summed E-state index contributed by atoms with van der Waals surface area (Å²) in [6.07, 6.45) is 3.17. The Labute approximate surface area is 144 Å². The van der Waals surface area contributed by atoms with Gasteiger partial charge in [-0.1, -0.05) is 30.3 Å². The quantitative estimate of drug-likeness (QED) is 0.682. The molecule has 1 amide bonds. The number of carbonyl (C=O) groups is 1. The zero-order valence-corrected chi connectivity index (χ0v) is 14.0. The van der Waals surface area contributed by atoms with Gasteiger partial charge in [0, 0.05) is 13.1 Å². The Kier molecular flexibility index (Phi) is 4.69. The molecule has 5 heteroatoms. The summed E-state index contributed by atoms with van der Waals surface area (Å²) in [6, 6.07) is 17.2. The van der Waals surface area contributed by atoms with Crippen LogP contribution in [0.15, 0.2) is 54.6 Å². The first-order valence-corrected chi connectivity index (χ1v) is 8.26. The number of thiazole rings is 1. The third-order valence-corrected chi connectivity index (χ3v) is 4.59. The van der Waals surface area contributed by atoms with Crippen LogP contribution in [0.25, 0.3) is 16.3 Å². The van der Waals surface area contributed by atoms with Gasteiger partial charge in [-0.05, 0) is 29.8 Å². The van der Waals surface area contributed by atoms with E-state index in [1.165, 1.54) is 6.08 Å². The van der Waals surface area contributed by atoms with Crippen molar-refractivity contribution in [3.05, 3.63) is 70.7 Å². The maximum Gasteiger partial charge on any atom is 0.246 e. The minimum atomic E-state index is -0.123. The smallest absolute Gasteiger partial charge is 0.246 e. The molecule has 3 aromatic rings. The van der Waals surface area contributed by atoms with E-state index in [4.69, 9.17) is 5.26 Å². The van der Waals surface area contributed by atoms with Crippen molar-refractivity contribution >= 4 is 33.5 Å². The van der Waals surface area contributed by atoms with Gasteiger partial charge in [0.25, 0.3) is 0 Å². The van der Waals surface area contributed by atoms with Gasteiger partial charge >= 0.3 is 0 Å². The topological polar surface area (TPSA) is 57.0 Å². The first kappa shape index (κ1) is 15.9. The van der Waals surface area contributed by atoms with Crippen molar-refractivity contribution in [2.75, 3.05) is 7.05 Å². The molecule has 0 aliphatic rings. The third-order valence-electron chi connectivity index (χ3n) is 3.57. The average molecular weight is 333 g/mol. The minimum absolute atomic E-state index is 0.123. The normalized spacial score (nSPS) is 10.8. The van der Waals surface area contributed by atoms with Crippen LogP contribution in [-0.2, 0) is 11.3 Å². The van der Waals surface area contributed by atoms with Gasteiger partial charge in [0.05, 0.1) is 28.4 Å². The highest BCUT2D eigenvalue weighted by atomic mass is 32.1. The molecule has 0 atom stereocenters. The molecular weight excluding hydrogens is 318 g/mol. The van der Waals surface area contributed by atoms with Crippen molar-refractivity contribution < 1.29 is 4.79 Å². The van der Waals surface area contributed by atoms with Crippen LogP contribution in [0, 0.1) is 11.3 Å². The summed E-state index contributed by atoms with van der Waals surface area (Å²) >= 11 is 1.59. The maximum absolute atomic E-state index is 12.3. The number of nitrogens with zero attached hydrogens (tertiary/aromatic N) is 3. The van der Waals surface area contributed by atoms with Crippen molar-refractivity contribution in [3.63, 3.8) is 0 Å². The molecule has 0 bridgehead atoms. The summed E-state index contributed by atoms with van der Waals surface area (Å²) in [6.45, 7) is 0.461. The van der Waals surface area contributed by atoms with Crippen molar-refractivity contribution in [1.29, 1.82) is 5.26 Å². The molecule has 0 N–H and O–H groups in total. The summed E-state index contributed by atoms with van der Waals surface area (Å²) < 4.78 is 1.12. The molecule has 3 rings (SSSR count). The molecule has 24 heavy (non-hydrogen) atoms. The second kappa shape index (κ2) is 7.07. The number of para-hydroxylation sites is 1. The van der Waals surface area contributed by atoms with Crippen LogP contribution in [-0.4, -0.2) is 22.8 Å². The number of amides is 1. The van der Waals surface area contributed by atoms with Gasteiger partial charge < -0.3 is 4.90 Å². The van der Waals surface area contributed by atoms with Gasteiger partial charge in [0.15, 0.2) is 0 Å². The number of rotatable bonds is 4. The highest BCUT2D eigenvalue weighted by Crippen LogP contribution is 2.22. The highest BCUT2D eigenvalue weighted by Gasteiger charge is 2.10. The van der Waals surface area contributed by atoms with Crippen LogP contribution in [0.5, 0.6) is 0 Å². The second-order valence-electron chi connectivity index (χ2n) is 5.30. The molecule has 4 nitrogen and oxygen atoms in total. The number of aromatic nitrogens is 1. The van der Waals surface area contributed by atoms with Gasteiger partial charge in [-0.25, -0.2) is 4.98 Å². The largest absolute Gasteiger partial charge is 0.335 e. The lowest BCUT2D eigenvalue weighted by atomic mass is 10.1. The Bertz CT molecular complexity index is 919. The first-order chi connectivity index (χ1) is 11.7. The van der Waals surface area contributed by atoms with Gasteiger partial charge in [0.1, 0.15) is 5.01 Å². The number of hydrogen-bond acceptors (Lipinski definition) is 4. The van der Waals surface area contributed by atoms with Gasteiger partial charge in [-0.2, -0.15) is 5.26 Å². The fourth-order valence-electron chi connectivity index (χ4n) is 2.30. The van der Waals surface area contributed by atoms with E-state index < -0.39 is 0 Å². The first-order valence-electron chi connectivity index (χ1n) is 7.44. The number of fused-ring (bicyclic) bond motifs is 1. The highest BCUT2D eigenvalue weighted by molar-refractivity contribution is 7.18. The third kappa shape index (κ3) is 3.50. The van der Waals surface area contributed by atoms with Crippen molar-refractivity contribution in [3.8, 4) is 6.07 Å². The average Bonchev–Trinajstić information content (AvgIpc) is 3.02. The van der Waals surface area contributed by atoms with E-state index in [1.807, 2.05) is 36.4 Å². The van der Waals surface area contributed by atoms with Crippen LogP contribution in [0.2, 0.25) is 0 Å². The van der Waals surface area contributed by atoms with Crippen molar-refractivity contribution in [2.24, 2.45) is 0 Å². The van der Waals surface area contributed by atoms with Gasteiger partial charge in [-0.3, -0.25) is 4.79 Å². The molecule has 0 spiro atoms. The Morgan fingerprint density at radius 1 is 1.25 bits per heavy atom. The minimum Gasteiger partial charge on any atom is -0.335 e. The summed E-state index contributed by atoms with van der Waals surface area (Å²) in [5.74, 6) is -0.123. The van der Waals surface area contributed by atoms with Crippen LogP contribution in [0.4, 0.5) is 0 Å². The van der Waals surface area contributed by atoms with Gasteiger partial charge in [-0.15, -0.1) is 11.3 Å². The molecule has 0 aliphatic carbocycles. The predicted octanol–water partition coefficient (Wildman–Crippen LogP) is 3.84. The fourth-order valence-corrected chi connectivity index (χ4v) is 3.32. The number of likely N-dealkylation sites (N-methyl/N-ethyl adjacent to an activating group) is 1. The lowest BCUT2D eigenvalue weighted by molar-refractivity contribution is -0.125. The van der Waals surface area contributed by atoms with E-state index in [1.54, 1.807) is 41.5 Å². The summed E-state index contributed by atoms with van der Waals surface area (Å²) in [5.41, 5.74) is 2.24. The van der Waals surface area contributed by atoms with E-state index in [0.717, 1.165) is 20.8 Å². The molecule has 118 valence electrons. The van der Waals surface area contributed by atoms with Crippen LogP contribution >= 0.6 is 11.3 Å². The van der Waals surface area contributed by atoms with Crippen molar-refractivity contribution in [2.45, 2.75) is 6.54 Å². The molecule has 0 radical (unpaired) electrons. The zero-order valence-electron chi connectivity index (χ0n) is 13.1. The Morgan fingerprint density at radius 3 is 2.79 bits per heavy atom. The Balaban J connectivity index is 1.70. The maximum atomic E-state index is 12.3. The fraction of sp³-hybridized carbons (Fsp3) is 0.105. The Morgan fingerprint density at radius 2 is 2.00 bits per heavy atom. The molecule has 0 saturated carbocycles. The van der Waals surface area contributed by atoms with Gasteiger partial charge in [0.2, 0.25) is 5.91 Å². The van der Waals surface area contributed by atoms with E-state index in [0.29, 0.717) is 12.1 Å². The monoisotopic (exact) mass is 333 g/mol. The Hall–Kier alpha value is -2.97. The van der Waals surface area contributed by atoms with Crippen molar-refractivity contribution in [1.82, 2.24) is 9.88 Å². The lowest BCUT2D eigenvalue weighted by Gasteiger charge is -2.12. The molecular formula is C19H15N3OS. The SMILES string of the molecule is CN(Cc1nc2ccccc2s1)C(=O)/C=C/c1ccccc1C#N. The number of nitriles is 1. The lowest BCUT2D eigenvalue weighted by Crippen LogP contribution is -2.23. The van der Waals surface area contributed by atoms with Crippen LogP contribution in [0.3, 0.4) is 0 Å². The van der Waals surface area contributed by atoms with E-state index >= 15 is 0 Å². The summed E-state index contributed by atoms with van der Waals surface area (Å²) in [7, 11) is 1.74. The van der Waals surface area contributed by atoms with Crippen LogP contribution in [0.1, 0.15) is 16.1 Å². The zero-order chi connectivity index (χ0) is 16.9. The number of hydrogen-bond donors (Lipinski definition) is 0. The molecule has 0 unspecified atom stereocenters. The molecule has 0 fully saturated rings. The second-order valence-corrected chi connectivity index (χ2v) is 6.42. The summed E-state index contributed by atoms with van der Waals surface area (Å²) in [5, 5.41) is 9.97. The molecule has 1 aromatic heterocycles. The molecule has 1 heterocycles. The van der Waals surface area contributed by atoms with Crippen LogP contribution < -0.4 is 0 Å². The van der Waals surface area contributed by atoms with E-state index in [9.17, 15) is 4.79 Å². The molecule has 2 aromatic carbocycles. The number of carbonyl (C=O) groups excluding carboxylic acids is 1. The molecule has 0 aliphatic heterocycles. The summed E-state index contributed by atoms with van der Waals surface area (Å²) in [4.78, 5) is 18.4. The predicted molar refractivity (Wildman–Crippen MR) is 96.3 cm³/mol. The van der Waals surface area contributed by atoms with E-state index in [-0.39, 0.29) is 5.91 Å². The van der Waals surface area contributed by atoms with E-state index in [2.05, 4.69) is 11.1 Å². The number of benzene rings is 2. The standard InChI is InChI=1S/C19H15N3OS/c1-22(13-18-21-16-8-4-5-9-17(16)24-18)19(23)11-10-14-6-2-3-7-15(14)12-20/h2-11H,13H2,1H3/b11-10+.